The van der Waals surface area contributed by atoms with Crippen LogP contribution in [-0.2, 0) is 9.47 Å². The highest BCUT2D eigenvalue weighted by molar-refractivity contribution is 4.86. The molecule has 0 aromatic heterocycles. The molecule has 1 aliphatic carbocycles. The first-order valence-electron chi connectivity index (χ1n) is 7.52. The molecular weight excluding hydrogens is 212 g/mol. The fourth-order valence-corrected chi connectivity index (χ4v) is 3.11. The van der Waals surface area contributed by atoms with Gasteiger partial charge in [-0.3, -0.25) is 0 Å². The number of hydrogen-bond donors (Lipinski definition) is 0. The smallest absolute Gasteiger partial charge is 0.168 e. The lowest BCUT2D eigenvalue weighted by atomic mass is 9.80. The molecule has 2 rings (SSSR count). The van der Waals surface area contributed by atoms with Crippen LogP contribution in [0.25, 0.3) is 0 Å². The van der Waals surface area contributed by atoms with Crippen LogP contribution in [0.3, 0.4) is 0 Å². The predicted molar refractivity (Wildman–Crippen MR) is 70.0 cm³/mol. The van der Waals surface area contributed by atoms with Crippen molar-refractivity contribution >= 4 is 0 Å². The molecule has 1 spiro atoms. The van der Waals surface area contributed by atoms with Gasteiger partial charge in [-0.05, 0) is 25.7 Å². The van der Waals surface area contributed by atoms with Crippen LogP contribution in [0.1, 0.15) is 71.6 Å². The molecular formula is C15H28O2. The summed E-state index contributed by atoms with van der Waals surface area (Å²) in [5.41, 5.74) is 0.304. The first kappa shape index (κ1) is 13.4. The fourth-order valence-electron chi connectivity index (χ4n) is 3.11. The Kier molecular flexibility index (Phi) is 4.48. The van der Waals surface area contributed by atoms with E-state index < -0.39 is 0 Å². The van der Waals surface area contributed by atoms with E-state index in [-0.39, 0.29) is 5.79 Å². The average molecular weight is 240 g/mol. The maximum absolute atomic E-state index is 6.19. The molecule has 0 aromatic rings. The van der Waals surface area contributed by atoms with Crippen molar-refractivity contribution in [1.29, 1.82) is 0 Å². The van der Waals surface area contributed by atoms with Crippen molar-refractivity contribution in [2.75, 3.05) is 13.2 Å². The molecule has 0 aromatic carbocycles. The predicted octanol–water partition coefficient (Wildman–Crippen LogP) is 4.28. The zero-order valence-corrected chi connectivity index (χ0v) is 11.6. The maximum Gasteiger partial charge on any atom is 0.168 e. The Hall–Kier alpha value is -0.0800. The van der Waals surface area contributed by atoms with Gasteiger partial charge in [0, 0.05) is 18.3 Å². The van der Waals surface area contributed by atoms with E-state index in [9.17, 15) is 0 Å². The van der Waals surface area contributed by atoms with Gasteiger partial charge in [0.15, 0.2) is 5.79 Å². The van der Waals surface area contributed by atoms with E-state index in [1.54, 1.807) is 0 Å². The van der Waals surface area contributed by atoms with E-state index in [0.29, 0.717) is 5.41 Å². The van der Waals surface area contributed by atoms with Gasteiger partial charge in [-0.15, -0.1) is 0 Å². The molecule has 2 fully saturated rings. The van der Waals surface area contributed by atoms with Crippen LogP contribution in [-0.4, -0.2) is 19.0 Å². The lowest BCUT2D eigenvalue weighted by Crippen LogP contribution is -2.50. The molecule has 0 unspecified atom stereocenters. The largest absolute Gasteiger partial charge is 0.349 e. The van der Waals surface area contributed by atoms with Gasteiger partial charge >= 0.3 is 0 Å². The Balaban J connectivity index is 1.90. The lowest BCUT2D eigenvalue weighted by molar-refractivity contribution is -0.316. The van der Waals surface area contributed by atoms with Crippen LogP contribution in [0, 0.1) is 5.41 Å². The molecule has 2 heteroatoms. The molecule has 1 saturated heterocycles. The second-order valence-corrected chi connectivity index (χ2v) is 6.01. The summed E-state index contributed by atoms with van der Waals surface area (Å²) in [5, 5.41) is 0. The van der Waals surface area contributed by atoms with E-state index in [0.717, 1.165) is 26.1 Å². The molecule has 2 nitrogen and oxygen atoms in total. The van der Waals surface area contributed by atoms with Gasteiger partial charge in [-0.2, -0.15) is 0 Å². The lowest BCUT2D eigenvalue weighted by Gasteiger charge is -2.47. The van der Waals surface area contributed by atoms with E-state index in [1.807, 2.05) is 0 Å². The Morgan fingerprint density at radius 3 is 2.12 bits per heavy atom. The standard InChI is InChI=1S/C15H28O2/c1-3-5-9-14(4-2)12-16-15(17-13-14)10-7-6-8-11-15/h3-13H2,1-2H3. The second kappa shape index (κ2) is 5.71. The monoisotopic (exact) mass is 240 g/mol. The number of ether oxygens (including phenoxy) is 2. The summed E-state index contributed by atoms with van der Waals surface area (Å²) in [7, 11) is 0. The van der Waals surface area contributed by atoms with E-state index in [4.69, 9.17) is 9.47 Å². The average Bonchev–Trinajstić information content (AvgIpc) is 2.40. The molecule has 0 amide bonds. The molecule has 2 aliphatic rings. The highest BCUT2D eigenvalue weighted by Gasteiger charge is 2.43. The van der Waals surface area contributed by atoms with Crippen molar-refractivity contribution in [3.05, 3.63) is 0 Å². The summed E-state index contributed by atoms with van der Waals surface area (Å²) in [5.74, 6) is -0.191. The maximum atomic E-state index is 6.19. The molecule has 1 heterocycles. The quantitative estimate of drug-likeness (QED) is 0.730. The number of rotatable bonds is 4. The molecule has 17 heavy (non-hydrogen) atoms. The van der Waals surface area contributed by atoms with Crippen LogP contribution in [0.4, 0.5) is 0 Å². The Morgan fingerprint density at radius 1 is 0.941 bits per heavy atom. The molecule has 1 aliphatic heterocycles. The van der Waals surface area contributed by atoms with Crippen molar-refractivity contribution in [1.82, 2.24) is 0 Å². The molecule has 0 bridgehead atoms. The van der Waals surface area contributed by atoms with Crippen molar-refractivity contribution in [3.8, 4) is 0 Å². The van der Waals surface area contributed by atoms with Crippen LogP contribution < -0.4 is 0 Å². The van der Waals surface area contributed by atoms with Crippen LogP contribution >= 0.6 is 0 Å². The van der Waals surface area contributed by atoms with Crippen molar-refractivity contribution in [2.24, 2.45) is 5.41 Å². The fraction of sp³-hybridized carbons (Fsp3) is 1.00. The van der Waals surface area contributed by atoms with Crippen LogP contribution in [0.15, 0.2) is 0 Å². The first-order valence-corrected chi connectivity index (χ1v) is 7.52. The van der Waals surface area contributed by atoms with E-state index >= 15 is 0 Å². The topological polar surface area (TPSA) is 18.5 Å². The van der Waals surface area contributed by atoms with Crippen LogP contribution in [0.5, 0.6) is 0 Å². The number of unbranched alkanes of at least 4 members (excludes halogenated alkanes) is 1. The zero-order chi connectivity index (χ0) is 12.2. The summed E-state index contributed by atoms with van der Waals surface area (Å²) >= 11 is 0. The third-order valence-electron chi connectivity index (χ3n) is 4.71. The summed E-state index contributed by atoms with van der Waals surface area (Å²) in [6, 6.07) is 0. The van der Waals surface area contributed by atoms with Gasteiger partial charge in [0.25, 0.3) is 0 Å². The van der Waals surface area contributed by atoms with Gasteiger partial charge < -0.3 is 9.47 Å². The van der Waals surface area contributed by atoms with E-state index in [2.05, 4.69) is 13.8 Å². The second-order valence-electron chi connectivity index (χ2n) is 6.01. The van der Waals surface area contributed by atoms with Crippen molar-refractivity contribution in [3.63, 3.8) is 0 Å². The molecule has 0 N–H and O–H groups in total. The molecule has 0 atom stereocenters. The van der Waals surface area contributed by atoms with Gasteiger partial charge in [0.05, 0.1) is 13.2 Å². The summed E-state index contributed by atoms with van der Waals surface area (Å²) < 4.78 is 12.4. The first-order chi connectivity index (χ1) is 8.24. The minimum Gasteiger partial charge on any atom is -0.349 e. The van der Waals surface area contributed by atoms with Gasteiger partial charge in [-0.25, -0.2) is 0 Å². The normalized spacial score (nSPS) is 27.2. The highest BCUT2D eigenvalue weighted by Crippen LogP contribution is 2.42. The zero-order valence-electron chi connectivity index (χ0n) is 11.6. The molecule has 100 valence electrons. The Bertz CT molecular complexity index is 221. The summed E-state index contributed by atoms with van der Waals surface area (Å²) in [6.07, 6.45) is 11.1. The minimum atomic E-state index is -0.191. The van der Waals surface area contributed by atoms with Gasteiger partial charge in [-0.1, -0.05) is 33.1 Å². The summed E-state index contributed by atoms with van der Waals surface area (Å²) in [4.78, 5) is 0. The van der Waals surface area contributed by atoms with Crippen molar-refractivity contribution < 1.29 is 9.47 Å². The van der Waals surface area contributed by atoms with Gasteiger partial charge in [0.2, 0.25) is 0 Å². The Morgan fingerprint density at radius 2 is 1.59 bits per heavy atom. The molecule has 0 radical (unpaired) electrons. The van der Waals surface area contributed by atoms with Gasteiger partial charge in [0.1, 0.15) is 0 Å². The third kappa shape index (κ3) is 3.03. The molecule has 1 saturated carbocycles. The SMILES string of the molecule is CCCCC1(CC)COC2(CCCCC2)OC1. The van der Waals surface area contributed by atoms with Crippen molar-refractivity contribution in [2.45, 2.75) is 77.4 Å². The minimum absolute atomic E-state index is 0.191. The number of hydrogen-bond acceptors (Lipinski definition) is 2. The highest BCUT2D eigenvalue weighted by atomic mass is 16.7. The summed E-state index contributed by atoms with van der Waals surface area (Å²) in [6.45, 7) is 6.38. The Labute approximate surface area is 106 Å². The van der Waals surface area contributed by atoms with E-state index in [1.165, 1.54) is 44.9 Å². The third-order valence-corrected chi connectivity index (χ3v) is 4.71. The van der Waals surface area contributed by atoms with Crippen LogP contribution in [0.2, 0.25) is 0 Å².